The standard InChI is InChI=1S/C11H11F3O3/c1-8-2-3-10(9(6-8)7-15)16-4-5-17-11(12,13)14/h2-3,6-7H,4-5H2,1H3. The molecule has 0 unspecified atom stereocenters. The van der Waals surface area contributed by atoms with E-state index in [1.807, 2.05) is 0 Å². The van der Waals surface area contributed by atoms with Gasteiger partial charge in [-0.1, -0.05) is 11.6 Å². The van der Waals surface area contributed by atoms with Crippen molar-refractivity contribution in [3.63, 3.8) is 0 Å². The van der Waals surface area contributed by atoms with E-state index < -0.39 is 13.0 Å². The molecule has 0 saturated carbocycles. The molecular formula is C11H11F3O3. The predicted molar refractivity (Wildman–Crippen MR) is 54.1 cm³/mol. The highest BCUT2D eigenvalue weighted by atomic mass is 19.4. The minimum Gasteiger partial charge on any atom is -0.490 e. The van der Waals surface area contributed by atoms with Crippen molar-refractivity contribution >= 4 is 6.29 Å². The lowest BCUT2D eigenvalue weighted by Gasteiger charge is -2.10. The third-order valence-corrected chi connectivity index (χ3v) is 1.90. The zero-order valence-corrected chi connectivity index (χ0v) is 9.08. The normalized spacial score (nSPS) is 11.3. The van der Waals surface area contributed by atoms with E-state index in [0.29, 0.717) is 11.8 Å². The van der Waals surface area contributed by atoms with E-state index >= 15 is 0 Å². The molecule has 0 aliphatic carbocycles. The summed E-state index contributed by atoms with van der Waals surface area (Å²) in [5.74, 6) is 0.247. The van der Waals surface area contributed by atoms with Crippen LogP contribution in [0.25, 0.3) is 0 Å². The predicted octanol–water partition coefficient (Wildman–Crippen LogP) is 2.72. The van der Waals surface area contributed by atoms with Crippen LogP contribution >= 0.6 is 0 Å². The van der Waals surface area contributed by atoms with Gasteiger partial charge in [-0.3, -0.25) is 9.53 Å². The molecule has 1 rings (SSSR count). The van der Waals surface area contributed by atoms with Crippen molar-refractivity contribution in [3.8, 4) is 5.75 Å². The van der Waals surface area contributed by atoms with Crippen LogP contribution in [0.1, 0.15) is 15.9 Å². The maximum Gasteiger partial charge on any atom is 0.522 e. The summed E-state index contributed by atoms with van der Waals surface area (Å²) in [5.41, 5.74) is 1.17. The first-order valence-corrected chi connectivity index (χ1v) is 4.81. The van der Waals surface area contributed by atoms with E-state index in [0.717, 1.165) is 5.56 Å². The zero-order valence-electron chi connectivity index (χ0n) is 9.08. The highest BCUT2D eigenvalue weighted by Crippen LogP contribution is 2.19. The molecule has 0 spiro atoms. The molecule has 0 N–H and O–H groups in total. The maximum atomic E-state index is 11.6. The fourth-order valence-corrected chi connectivity index (χ4v) is 1.20. The molecule has 0 amide bonds. The summed E-state index contributed by atoms with van der Waals surface area (Å²) in [7, 11) is 0. The molecule has 0 bridgehead atoms. The van der Waals surface area contributed by atoms with Gasteiger partial charge in [-0.2, -0.15) is 0 Å². The minimum absolute atomic E-state index is 0.247. The Morgan fingerprint density at radius 1 is 1.29 bits per heavy atom. The van der Waals surface area contributed by atoms with Crippen LogP contribution in [0, 0.1) is 6.92 Å². The fourth-order valence-electron chi connectivity index (χ4n) is 1.20. The first-order chi connectivity index (χ1) is 7.92. The maximum absolute atomic E-state index is 11.6. The summed E-state index contributed by atoms with van der Waals surface area (Å²) in [5, 5.41) is 0. The largest absolute Gasteiger partial charge is 0.522 e. The minimum atomic E-state index is -4.66. The van der Waals surface area contributed by atoms with Crippen LogP contribution in [0.2, 0.25) is 0 Å². The van der Waals surface area contributed by atoms with Crippen molar-refractivity contribution in [2.45, 2.75) is 13.3 Å². The quantitative estimate of drug-likeness (QED) is 0.593. The summed E-state index contributed by atoms with van der Waals surface area (Å²) < 4.78 is 43.5. The molecule has 3 nitrogen and oxygen atoms in total. The molecule has 6 heteroatoms. The fraction of sp³-hybridized carbons (Fsp3) is 0.364. The Morgan fingerprint density at radius 2 is 2.00 bits per heavy atom. The number of aldehydes is 1. The van der Waals surface area contributed by atoms with E-state index in [1.165, 1.54) is 6.07 Å². The van der Waals surface area contributed by atoms with Gasteiger partial charge in [0.15, 0.2) is 6.29 Å². The summed E-state index contributed by atoms with van der Waals surface area (Å²) >= 11 is 0. The molecule has 17 heavy (non-hydrogen) atoms. The van der Waals surface area contributed by atoms with Crippen molar-refractivity contribution in [2.75, 3.05) is 13.2 Å². The zero-order chi connectivity index (χ0) is 12.9. The number of hydrogen-bond acceptors (Lipinski definition) is 3. The Kier molecular flexibility index (Phi) is 4.51. The van der Waals surface area contributed by atoms with Gasteiger partial charge in [-0.25, -0.2) is 0 Å². The molecule has 0 heterocycles. The van der Waals surface area contributed by atoms with Crippen molar-refractivity contribution in [3.05, 3.63) is 29.3 Å². The molecule has 0 atom stereocenters. The first-order valence-electron chi connectivity index (χ1n) is 4.81. The number of carbonyl (C=O) groups is 1. The van der Waals surface area contributed by atoms with Gasteiger partial charge in [0.25, 0.3) is 0 Å². The molecule has 1 aromatic rings. The third kappa shape index (κ3) is 4.86. The number of aryl methyl sites for hydroxylation is 1. The van der Waals surface area contributed by atoms with Crippen LogP contribution in [0.3, 0.4) is 0 Å². The Labute approximate surface area is 96.1 Å². The lowest BCUT2D eigenvalue weighted by molar-refractivity contribution is -0.325. The summed E-state index contributed by atoms with van der Waals surface area (Å²) in [4.78, 5) is 10.7. The number of hydrogen-bond donors (Lipinski definition) is 0. The first kappa shape index (κ1) is 13.5. The smallest absolute Gasteiger partial charge is 0.490 e. The van der Waals surface area contributed by atoms with Crippen LogP contribution in [0.5, 0.6) is 5.75 Å². The Balaban J connectivity index is 2.49. The van der Waals surface area contributed by atoms with Crippen LogP contribution in [0.15, 0.2) is 18.2 Å². The number of carbonyl (C=O) groups excluding carboxylic acids is 1. The van der Waals surface area contributed by atoms with Crippen LogP contribution in [-0.4, -0.2) is 25.9 Å². The molecule has 94 valence electrons. The highest BCUT2D eigenvalue weighted by Gasteiger charge is 2.28. The van der Waals surface area contributed by atoms with E-state index in [4.69, 9.17) is 4.74 Å². The number of ether oxygens (including phenoxy) is 2. The van der Waals surface area contributed by atoms with Crippen molar-refractivity contribution in [1.29, 1.82) is 0 Å². The second-order valence-electron chi connectivity index (χ2n) is 3.30. The average molecular weight is 248 g/mol. The van der Waals surface area contributed by atoms with E-state index in [9.17, 15) is 18.0 Å². The van der Waals surface area contributed by atoms with Gasteiger partial charge in [0.2, 0.25) is 0 Å². The van der Waals surface area contributed by atoms with Gasteiger partial charge in [0.1, 0.15) is 12.4 Å². The van der Waals surface area contributed by atoms with Gasteiger partial charge >= 0.3 is 6.36 Å². The van der Waals surface area contributed by atoms with Crippen LogP contribution in [-0.2, 0) is 4.74 Å². The molecule has 0 aliphatic heterocycles. The summed E-state index contributed by atoms with van der Waals surface area (Å²) in [6.45, 7) is 0.905. The van der Waals surface area contributed by atoms with Crippen molar-refractivity contribution in [2.24, 2.45) is 0 Å². The second-order valence-corrected chi connectivity index (χ2v) is 3.30. The molecule has 0 aromatic heterocycles. The second kappa shape index (κ2) is 5.67. The van der Waals surface area contributed by atoms with Crippen molar-refractivity contribution < 1.29 is 27.4 Å². The lowest BCUT2D eigenvalue weighted by atomic mass is 10.1. The number of benzene rings is 1. The monoisotopic (exact) mass is 248 g/mol. The van der Waals surface area contributed by atoms with Crippen LogP contribution in [0.4, 0.5) is 13.2 Å². The summed E-state index contributed by atoms with van der Waals surface area (Å²) in [6.07, 6.45) is -4.07. The third-order valence-electron chi connectivity index (χ3n) is 1.90. The number of rotatable bonds is 5. The lowest BCUT2D eigenvalue weighted by Crippen LogP contribution is -2.18. The highest BCUT2D eigenvalue weighted by molar-refractivity contribution is 5.79. The van der Waals surface area contributed by atoms with E-state index in [-0.39, 0.29) is 12.4 Å². The number of halogens is 3. The van der Waals surface area contributed by atoms with Crippen LogP contribution < -0.4 is 4.74 Å². The molecule has 0 aliphatic rings. The Morgan fingerprint density at radius 3 is 2.59 bits per heavy atom. The van der Waals surface area contributed by atoms with Gasteiger partial charge < -0.3 is 4.74 Å². The van der Waals surface area contributed by atoms with E-state index in [2.05, 4.69) is 4.74 Å². The summed E-state index contributed by atoms with van der Waals surface area (Å²) in [6, 6.07) is 4.83. The average Bonchev–Trinajstić information content (AvgIpc) is 2.24. The topological polar surface area (TPSA) is 35.5 Å². The molecular weight excluding hydrogens is 237 g/mol. The van der Waals surface area contributed by atoms with Gasteiger partial charge in [0.05, 0.1) is 12.2 Å². The van der Waals surface area contributed by atoms with E-state index in [1.54, 1.807) is 19.1 Å². The SMILES string of the molecule is Cc1ccc(OCCOC(F)(F)F)c(C=O)c1. The Hall–Kier alpha value is -1.56. The van der Waals surface area contributed by atoms with Gasteiger partial charge in [-0.05, 0) is 19.1 Å². The molecule has 0 radical (unpaired) electrons. The molecule has 0 saturated heterocycles. The number of alkyl halides is 3. The van der Waals surface area contributed by atoms with Gasteiger partial charge in [-0.15, -0.1) is 13.2 Å². The molecule has 1 aromatic carbocycles. The van der Waals surface area contributed by atoms with Gasteiger partial charge in [0, 0.05) is 0 Å². The Bertz CT molecular complexity index is 388. The van der Waals surface area contributed by atoms with Crippen molar-refractivity contribution in [1.82, 2.24) is 0 Å². The molecule has 0 fully saturated rings.